The zero-order valence-electron chi connectivity index (χ0n) is 17.6. The van der Waals surface area contributed by atoms with E-state index < -0.39 is 0 Å². The van der Waals surface area contributed by atoms with Crippen LogP contribution in [0.5, 0.6) is 0 Å². The normalized spacial score (nSPS) is 12.5. The number of aromatic nitrogens is 3. The fraction of sp³-hybridized carbons (Fsp3) is 0.273. The number of benzene rings is 1. The molecule has 1 aliphatic heterocycles. The average Bonchev–Trinajstić information content (AvgIpc) is 3.29. The van der Waals surface area contributed by atoms with E-state index >= 15 is 0 Å². The molecule has 3 heterocycles. The Kier molecular flexibility index (Phi) is 5.83. The van der Waals surface area contributed by atoms with Gasteiger partial charge in [-0.1, -0.05) is 6.92 Å². The van der Waals surface area contributed by atoms with Crippen LogP contribution in [0.25, 0.3) is 16.8 Å². The summed E-state index contributed by atoms with van der Waals surface area (Å²) in [5, 5.41) is 13.0. The SMILES string of the molecule is CCCn1ccc(-c2cc3c(c(-n4cccn4)c2)NC(NC(=O)NCC)=NC3)cc1=O. The number of anilines is 1. The summed E-state index contributed by atoms with van der Waals surface area (Å²) in [6, 6.07) is 9.13. The smallest absolute Gasteiger partial charge is 0.321 e. The lowest BCUT2D eigenvalue weighted by Gasteiger charge is -2.23. The first-order valence-corrected chi connectivity index (χ1v) is 10.3. The second kappa shape index (κ2) is 8.86. The van der Waals surface area contributed by atoms with Crippen LogP contribution in [0.4, 0.5) is 10.5 Å². The number of hydrogen-bond donors (Lipinski definition) is 3. The summed E-state index contributed by atoms with van der Waals surface area (Å²) in [4.78, 5) is 28.8. The number of carbonyl (C=O) groups is 1. The molecule has 0 aliphatic carbocycles. The maximum atomic E-state index is 12.5. The number of carbonyl (C=O) groups excluding carboxylic acids is 1. The maximum Gasteiger partial charge on any atom is 0.321 e. The molecule has 4 rings (SSSR count). The minimum absolute atomic E-state index is 0.0257. The van der Waals surface area contributed by atoms with Crippen LogP contribution in [-0.4, -0.2) is 32.9 Å². The van der Waals surface area contributed by atoms with Gasteiger partial charge in [-0.25, -0.2) is 14.5 Å². The first-order valence-electron chi connectivity index (χ1n) is 10.3. The van der Waals surface area contributed by atoms with E-state index in [-0.39, 0.29) is 11.6 Å². The van der Waals surface area contributed by atoms with Gasteiger partial charge in [0.15, 0.2) is 0 Å². The van der Waals surface area contributed by atoms with Gasteiger partial charge in [0.1, 0.15) is 0 Å². The lowest BCUT2D eigenvalue weighted by molar-refractivity contribution is 0.246. The van der Waals surface area contributed by atoms with Crippen LogP contribution in [0.15, 0.2) is 58.7 Å². The molecule has 31 heavy (non-hydrogen) atoms. The molecule has 0 saturated carbocycles. The Bertz CT molecular complexity index is 1180. The zero-order chi connectivity index (χ0) is 21.8. The Balaban J connectivity index is 1.73. The molecule has 1 aromatic carbocycles. The van der Waals surface area contributed by atoms with Gasteiger partial charge < -0.3 is 15.2 Å². The van der Waals surface area contributed by atoms with E-state index in [0.717, 1.165) is 34.5 Å². The fourth-order valence-electron chi connectivity index (χ4n) is 3.53. The minimum atomic E-state index is -0.317. The topological polar surface area (TPSA) is 105 Å². The molecule has 3 N–H and O–H groups in total. The van der Waals surface area contributed by atoms with Crippen molar-refractivity contribution in [2.24, 2.45) is 4.99 Å². The number of aliphatic imine (C=N–C) groups is 1. The number of nitrogens with zero attached hydrogens (tertiary/aromatic N) is 4. The first-order chi connectivity index (χ1) is 15.1. The van der Waals surface area contributed by atoms with Crippen molar-refractivity contribution < 1.29 is 4.79 Å². The number of nitrogens with one attached hydrogen (secondary N) is 3. The molecule has 3 aromatic rings. The van der Waals surface area contributed by atoms with Gasteiger partial charge in [0.05, 0.1) is 17.9 Å². The van der Waals surface area contributed by atoms with Gasteiger partial charge in [0.2, 0.25) is 5.96 Å². The van der Waals surface area contributed by atoms with Crippen molar-refractivity contribution in [1.82, 2.24) is 25.0 Å². The van der Waals surface area contributed by atoms with Crippen LogP contribution in [0, 0.1) is 0 Å². The summed E-state index contributed by atoms with van der Waals surface area (Å²) in [5.74, 6) is 0.377. The van der Waals surface area contributed by atoms with E-state index in [4.69, 9.17) is 0 Å². The molecule has 0 atom stereocenters. The second-order valence-electron chi connectivity index (χ2n) is 7.20. The molecule has 9 nitrogen and oxygen atoms in total. The van der Waals surface area contributed by atoms with Crippen LogP contribution in [-0.2, 0) is 13.1 Å². The van der Waals surface area contributed by atoms with Crippen LogP contribution in [0.3, 0.4) is 0 Å². The quantitative estimate of drug-likeness (QED) is 0.591. The van der Waals surface area contributed by atoms with Crippen molar-refractivity contribution in [2.45, 2.75) is 33.4 Å². The fourth-order valence-corrected chi connectivity index (χ4v) is 3.53. The Morgan fingerprint density at radius 2 is 2.06 bits per heavy atom. The third-order valence-corrected chi connectivity index (χ3v) is 4.96. The molecule has 1 aliphatic rings. The Morgan fingerprint density at radius 1 is 1.19 bits per heavy atom. The van der Waals surface area contributed by atoms with Gasteiger partial charge >= 0.3 is 6.03 Å². The highest BCUT2D eigenvalue weighted by Crippen LogP contribution is 2.33. The first kappa shape index (κ1) is 20.4. The minimum Gasteiger partial charge on any atom is -0.338 e. The van der Waals surface area contributed by atoms with Crippen LogP contribution in [0.2, 0.25) is 0 Å². The van der Waals surface area contributed by atoms with Crippen molar-refractivity contribution in [1.29, 1.82) is 0 Å². The van der Waals surface area contributed by atoms with Crippen LogP contribution in [0.1, 0.15) is 25.8 Å². The highest BCUT2D eigenvalue weighted by Gasteiger charge is 2.20. The molecule has 160 valence electrons. The number of hydrogen-bond acceptors (Lipinski definition) is 5. The van der Waals surface area contributed by atoms with Crippen molar-refractivity contribution >= 4 is 17.7 Å². The molecule has 2 aromatic heterocycles. The standard InChI is InChI=1S/C22H25N7O2/c1-3-8-28-10-6-15(13-19(28)30)16-11-17-14-24-21(27-22(31)23-4-2)26-20(17)18(12-16)29-9-5-7-25-29/h5-7,9-13H,3-4,8,14H2,1-2H3,(H3,23,24,26,27,31). The summed E-state index contributed by atoms with van der Waals surface area (Å²) in [6.07, 6.45) is 6.29. The molecular weight excluding hydrogens is 394 g/mol. The van der Waals surface area contributed by atoms with E-state index in [1.165, 1.54) is 0 Å². The maximum absolute atomic E-state index is 12.5. The van der Waals surface area contributed by atoms with E-state index in [9.17, 15) is 9.59 Å². The molecule has 0 spiro atoms. The van der Waals surface area contributed by atoms with E-state index in [2.05, 4.69) is 26.0 Å². The summed E-state index contributed by atoms with van der Waals surface area (Å²) in [7, 11) is 0. The number of fused-ring (bicyclic) bond motifs is 1. The Hall–Kier alpha value is -3.88. The van der Waals surface area contributed by atoms with Crippen molar-refractivity contribution in [3.8, 4) is 16.8 Å². The number of guanidine groups is 1. The van der Waals surface area contributed by atoms with Gasteiger partial charge in [-0.3, -0.25) is 10.1 Å². The number of urea groups is 1. The van der Waals surface area contributed by atoms with Crippen molar-refractivity contribution in [2.75, 3.05) is 11.9 Å². The lowest BCUT2D eigenvalue weighted by atomic mass is 10.00. The van der Waals surface area contributed by atoms with E-state index in [1.807, 2.05) is 50.5 Å². The summed E-state index contributed by atoms with van der Waals surface area (Å²) in [5.41, 5.74) is 4.28. The van der Waals surface area contributed by atoms with Crippen molar-refractivity contribution in [3.05, 3.63) is 64.8 Å². The third kappa shape index (κ3) is 4.35. The number of amides is 2. The summed E-state index contributed by atoms with van der Waals surface area (Å²) >= 11 is 0. The van der Waals surface area contributed by atoms with Gasteiger partial charge in [-0.05, 0) is 48.7 Å². The van der Waals surface area contributed by atoms with E-state index in [0.29, 0.717) is 25.6 Å². The highest BCUT2D eigenvalue weighted by atomic mass is 16.2. The molecule has 0 unspecified atom stereocenters. The summed E-state index contributed by atoms with van der Waals surface area (Å²) < 4.78 is 3.46. The third-order valence-electron chi connectivity index (χ3n) is 4.96. The van der Waals surface area contributed by atoms with Gasteiger partial charge in [-0.15, -0.1) is 0 Å². The molecule has 9 heteroatoms. The van der Waals surface area contributed by atoms with Gasteiger partial charge in [0, 0.05) is 43.3 Å². The zero-order valence-corrected chi connectivity index (χ0v) is 17.6. The van der Waals surface area contributed by atoms with E-state index in [1.54, 1.807) is 21.5 Å². The molecule has 2 amide bonds. The number of rotatable bonds is 5. The van der Waals surface area contributed by atoms with Crippen LogP contribution >= 0.6 is 0 Å². The highest BCUT2D eigenvalue weighted by molar-refractivity contribution is 6.06. The van der Waals surface area contributed by atoms with Gasteiger partial charge in [0.25, 0.3) is 5.56 Å². The Labute approximate surface area is 179 Å². The molecule has 0 radical (unpaired) electrons. The lowest BCUT2D eigenvalue weighted by Crippen LogP contribution is -2.43. The molecule has 0 saturated heterocycles. The van der Waals surface area contributed by atoms with Crippen molar-refractivity contribution in [3.63, 3.8) is 0 Å². The second-order valence-corrected chi connectivity index (χ2v) is 7.20. The predicted octanol–water partition coefficient (Wildman–Crippen LogP) is 2.71. The van der Waals surface area contributed by atoms with Crippen LogP contribution < -0.4 is 21.5 Å². The predicted molar refractivity (Wildman–Crippen MR) is 121 cm³/mol. The molecule has 0 bridgehead atoms. The molecule has 0 fully saturated rings. The largest absolute Gasteiger partial charge is 0.338 e. The summed E-state index contributed by atoms with van der Waals surface area (Å²) in [6.45, 7) is 5.50. The monoisotopic (exact) mass is 419 g/mol. The Morgan fingerprint density at radius 3 is 2.77 bits per heavy atom. The molecular formula is C22H25N7O2. The number of aryl methyl sites for hydroxylation is 1. The average molecular weight is 419 g/mol. The van der Waals surface area contributed by atoms with Gasteiger partial charge in [-0.2, -0.15) is 5.10 Å². The number of pyridine rings is 1.